The lowest BCUT2D eigenvalue weighted by molar-refractivity contribution is 0.194. The summed E-state index contributed by atoms with van der Waals surface area (Å²) in [7, 11) is 0. The molecule has 1 N–H and O–H groups in total. The van der Waals surface area contributed by atoms with Gasteiger partial charge >= 0.3 is 0 Å². The maximum atomic E-state index is 5.38. The molecule has 1 fully saturated rings. The highest BCUT2D eigenvalue weighted by Gasteiger charge is 2.23. The first-order valence-electron chi connectivity index (χ1n) is 5.99. The molecule has 2 heterocycles. The van der Waals surface area contributed by atoms with Crippen LogP contribution in [0, 0.1) is 0 Å². The summed E-state index contributed by atoms with van der Waals surface area (Å²) in [6.07, 6.45) is 2.15. The van der Waals surface area contributed by atoms with E-state index in [2.05, 4.69) is 29.4 Å². The normalized spacial score (nSPS) is 22.5. The molecule has 1 aromatic heterocycles. The molecule has 1 aliphatic rings. The van der Waals surface area contributed by atoms with Gasteiger partial charge < -0.3 is 10.1 Å². The quantitative estimate of drug-likeness (QED) is 0.857. The van der Waals surface area contributed by atoms with E-state index in [1.165, 1.54) is 0 Å². The molecule has 90 valence electrons. The van der Waals surface area contributed by atoms with Gasteiger partial charge in [-0.15, -0.1) is 10.2 Å². The third-order valence-electron chi connectivity index (χ3n) is 2.89. The van der Waals surface area contributed by atoms with Gasteiger partial charge in [0, 0.05) is 12.5 Å². The van der Waals surface area contributed by atoms with Gasteiger partial charge in [0.25, 0.3) is 0 Å². The number of nitrogens with one attached hydrogen (secondary N) is 1. The van der Waals surface area contributed by atoms with Gasteiger partial charge in [-0.25, -0.2) is 0 Å². The Morgan fingerprint density at radius 3 is 3.00 bits per heavy atom. The Hall–Kier alpha value is -0.520. The molecule has 2 atom stereocenters. The minimum Gasteiger partial charge on any atom is -0.381 e. The lowest BCUT2D eigenvalue weighted by Crippen LogP contribution is -2.19. The van der Waals surface area contributed by atoms with Crippen molar-refractivity contribution in [2.45, 2.75) is 38.6 Å². The van der Waals surface area contributed by atoms with Crippen LogP contribution in [-0.2, 0) is 4.74 Å². The van der Waals surface area contributed by atoms with Gasteiger partial charge in [0.1, 0.15) is 10.0 Å². The number of aromatic nitrogens is 2. The summed E-state index contributed by atoms with van der Waals surface area (Å²) >= 11 is 1.74. The molecular formula is C11H19N3OS. The molecule has 0 aliphatic carbocycles. The monoisotopic (exact) mass is 241 g/mol. The van der Waals surface area contributed by atoms with Gasteiger partial charge in [-0.1, -0.05) is 25.2 Å². The van der Waals surface area contributed by atoms with Gasteiger partial charge in [-0.3, -0.25) is 0 Å². The van der Waals surface area contributed by atoms with Crippen molar-refractivity contribution in [3.05, 3.63) is 10.0 Å². The molecule has 0 saturated carbocycles. The van der Waals surface area contributed by atoms with Crippen molar-refractivity contribution in [1.82, 2.24) is 15.5 Å². The van der Waals surface area contributed by atoms with Crippen LogP contribution in [0.1, 0.15) is 48.7 Å². The molecule has 0 spiro atoms. The molecule has 0 amide bonds. The lowest BCUT2D eigenvalue weighted by Gasteiger charge is -2.11. The summed E-state index contributed by atoms with van der Waals surface area (Å²) in [5, 5.41) is 14.3. The lowest BCUT2D eigenvalue weighted by atomic mass is 10.1. The molecule has 1 saturated heterocycles. The summed E-state index contributed by atoms with van der Waals surface area (Å²) in [5.41, 5.74) is 0. The Morgan fingerprint density at radius 1 is 1.50 bits per heavy atom. The molecular weight excluding hydrogens is 222 g/mol. The maximum Gasteiger partial charge on any atom is 0.134 e. The van der Waals surface area contributed by atoms with Crippen molar-refractivity contribution in [3.63, 3.8) is 0 Å². The van der Waals surface area contributed by atoms with Crippen LogP contribution in [0.25, 0.3) is 0 Å². The fourth-order valence-electron chi connectivity index (χ4n) is 1.93. The Bertz CT molecular complexity index is 323. The van der Waals surface area contributed by atoms with Crippen LogP contribution in [0.2, 0.25) is 0 Å². The average Bonchev–Trinajstić information content (AvgIpc) is 2.95. The minimum absolute atomic E-state index is 0.360. The Kier molecular flexibility index (Phi) is 4.26. The van der Waals surface area contributed by atoms with Crippen LogP contribution in [0.5, 0.6) is 0 Å². The Morgan fingerprint density at radius 2 is 2.38 bits per heavy atom. The summed E-state index contributed by atoms with van der Waals surface area (Å²) in [5.74, 6) is 0.477. The summed E-state index contributed by atoms with van der Waals surface area (Å²) in [6, 6.07) is 0.360. The van der Waals surface area contributed by atoms with Gasteiger partial charge in [-0.05, 0) is 19.4 Å². The largest absolute Gasteiger partial charge is 0.381 e. The highest BCUT2D eigenvalue weighted by molar-refractivity contribution is 7.11. The molecule has 16 heavy (non-hydrogen) atoms. The number of nitrogens with zero attached hydrogens (tertiary/aromatic N) is 2. The first-order chi connectivity index (χ1) is 7.85. The Balaban J connectivity index is 2.05. The van der Waals surface area contributed by atoms with Crippen LogP contribution >= 0.6 is 11.3 Å². The predicted octanol–water partition coefficient (Wildman–Crippen LogP) is 2.10. The molecule has 0 radical (unpaired) electrons. The van der Waals surface area contributed by atoms with Gasteiger partial charge in [0.2, 0.25) is 0 Å². The van der Waals surface area contributed by atoms with Crippen molar-refractivity contribution in [2.24, 2.45) is 0 Å². The highest BCUT2D eigenvalue weighted by Crippen LogP contribution is 2.30. The highest BCUT2D eigenvalue weighted by atomic mass is 32.1. The van der Waals surface area contributed by atoms with E-state index in [1.54, 1.807) is 11.3 Å². The van der Waals surface area contributed by atoms with Crippen molar-refractivity contribution >= 4 is 11.3 Å². The zero-order chi connectivity index (χ0) is 11.4. The second-order valence-electron chi connectivity index (χ2n) is 4.06. The van der Waals surface area contributed by atoms with E-state index in [0.29, 0.717) is 12.0 Å². The smallest absolute Gasteiger partial charge is 0.134 e. The van der Waals surface area contributed by atoms with Crippen LogP contribution in [0.15, 0.2) is 0 Å². The average molecular weight is 241 g/mol. The zero-order valence-electron chi connectivity index (χ0n) is 9.90. The third kappa shape index (κ3) is 2.59. The summed E-state index contributed by atoms with van der Waals surface area (Å²) in [4.78, 5) is 0. The topological polar surface area (TPSA) is 47.0 Å². The molecule has 2 unspecified atom stereocenters. The van der Waals surface area contributed by atoms with Crippen LogP contribution in [-0.4, -0.2) is 30.0 Å². The number of rotatable bonds is 5. The van der Waals surface area contributed by atoms with Crippen molar-refractivity contribution in [3.8, 4) is 0 Å². The summed E-state index contributed by atoms with van der Waals surface area (Å²) in [6.45, 7) is 6.94. The van der Waals surface area contributed by atoms with E-state index >= 15 is 0 Å². The fourth-order valence-corrected chi connectivity index (χ4v) is 3.06. The van der Waals surface area contributed by atoms with Crippen LogP contribution in [0.4, 0.5) is 0 Å². The standard InChI is InChI=1S/C11H19N3OS/c1-3-9(12-4-2)11-14-13-10(16-11)8-5-6-15-7-8/h8-9,12H,3-7H2,1-2H3. The maximum absolute atomic E-state index is 5.38. The van der Waals surface area contributed by atoms with E-state index in [0.717, 1.165) is 42.6 Å². The van der Waals surface area contributed by atoms with E-state index in [9.17, 15) is 0 Å². The first-order valence-corrected chi connectivity index (χ1v) is 6.81. The van der Waals surface area contributed by atoms with Crippen molar-refractivity contribution in [2.75, 3.05) is 19.8 Å². The molecule has 1 aromatic rings. The van der Waals surface area contributed by atoms with Gasteiger partial charge in [0.05, 0.1) is 12.6 Å². The number of hydrogen-bond donors (Lipinski definition) is 1. The second-order valence-corrected chi connectivity index (χ2v) is 5.10. The van der Waals surface area contributed by atoms with E-state index in [-0.39, 0.29) is 0 Å². The van der Waals surface area contributed by atoms with E-state index in [4.69, 9.17) is 4.74 Å². The second kappa shape index (κ2) is 5.70. The van der Waals surface area contributed by atoms with Gasteiger partial charge in [0.15, 0.2) is 0 Å². The van der Waals surface area contributed by atoms with E-state index in [1.807, 2.05) is 0 Å². The van der Waals surface area contributed by atoms with E-state index < -0.39 is 0 Å². The number of ether oxygens (including phenoxy) is 1. The summed E-state index contributed by atoms with van der Waals surface area (Å²) < 4.78 is 5.38. The zero-order valence-corrected chi connectivity index (χ0v) is 10.7. The minimum atomic E-state index is 0.360. The predicted molar refractivity (Wildman–Crippen MR) is 64.8 cm³/mol. The first kappa shape index (κ1) is 12.0. The van der Waals surface area contributed by atoms with Crippen molar-refractivity contribution < 1.29 is 4.74 Å². The van der Waals surface area contributed by atoms with Crippen molar-refractivity contribution in [1.29, 1.82) is 0 Å². The molecule has 2 rings (SSSR count). The molecule has 0 aromatic carbocycles. The van der Waals surface area contributed by atoms with Crippen LogP contribution < -0.4 is 5.32 Å². The molecule has 1 aliphatic heterocycles. The Labute approximate surface area is 100 Å². The molecule has 5 heteroatoms. The number of hydrogen-bond acceptors (Lipinski definition) is 5. The molecule has 4 nitrogen and oxygen atoms in total. The van der Waals surface area contributed by atoms with Crippen LogP contribution in [0.3, 0.4) is 0 Å². The SMILES string of the molecule is CCNC(CC)c1nnc(C2CCOC2)s1. The van der Waals surface area contributed by atoms with Gasteiger partial charge in [-0.2, -0.15) is 0 Å². The fraction of sp³-hybridized carbons (Fsp3) is 0.818. The molecule has 0 bridgehead atoms. The third-order valence-corrected chi connectivity index (χ3v) is 4.09.